The third kappa shape index (κ3) is 2.78. The predicted octanol–water partition coefficient (Wildman–Crippen LogP) is 0.258. The van der Waals surface area contributed by atoms with Gasteiger partial charge in [0, 0.05) is 13.1 Å². The van der Waals surface area contributed by atoms with E-state index in [1.165, 1.54) is 4.31 Å². The number of nitrogens with two attached hydrogens (primary N) is 1. The van der Waals surface area contributed by atoms with Crippen molar-refractivity contribution in [2.75, 3.05) is 13.1 Å². The predicted molar refractivity (Wildman–Crippen MR) is 65.8 cm³/mol. The van der Waals surface area contributed by atoms with E-state index in [-0.39, 0.29) is 0 Å². The second kappa shape index (κ2) is 4.82. The fraction of sp³-hybridized carbons (Fsp3) is 0.400. The molecule has 1 aliphatic rings. The minimum absolute atomic E-state index is 0.346. The second-order valence-electron chi connectivity index (χ2n) is 4.25. The van der Waals surface area contributed by atoms with Crippen LogP contribution < -0.4 is 5.14 Å². The molecular weight excluding hydrogens is 295 g/mol. The number of hydrogen-bond acceptors (Lipinski definition) is 4. The average molecular weight is 308 g/mol. The minimum atomic E-state index is -4.06. The van der Waals surface area contributed by atoms with Crippen molar-refractivity contribution in [1.82, 2.24) is 4.31 Å². The SMILES string of the molecule is NS(=O)(=O)c1ccc(S(=O)(=O)N2CCCC2)c(F)c1. The summed E-state index contributed by atoms with van der Waals surface area (Å²) in [7, 11) is -7.96. The van der Waals surface area contributed by atoms with Gasteiger partial charge in [0.25, 0.3) is 0 Å². The molecule has 0 atom stereocenters. The van der Waals surface area contributed by atoms with Gasteiger partial charge in [-0.3, -0.25) is 0 Å². The molecule has 1 aromatic rings. The van der Waals surface area contributed by atoms with Crippen LogP contribution in [0.2, 0.25) is 0 Å². The Balaban J connectivity index is 2.47. The molecule has 1 aromatic carbocycles. The lowest BCUT2D eigenvalue weighted by molar-refractivity contribution is 0.469. The molecule has 0 saturated carbocycles. The molecule has 1 aliphatic heterocycles. The van der Waals surface area contributed by atoms with Crippen molar-refractivity contribution in [3.8, 4) is 0 Å². The Labute approximate surface area is 111 Å². The smallest absolute Gasteiger partial charge is 0.225 e. The summed E-state index contributed by atoms with van der Waals surface area (Å²) < 4.78 is 61.3. The van der Waals surface area contributed by atoms with Crippen molar-refractivity contribution < 1.29 is 21.2 Å². The quantitative estimate of drug-likeness (QED) is 0.866. The van der Waals surface area contributed by atoms with Crippen molar-refractivity contribution >= 4 is 20.0 Å². The van der Waals surface area contributed by atoms with E-state index in [1.807, 2.05) is 0 Å². The fourth-order valence-electron chi connectivity index (χ4n) is 1.94. The van der Waals surface area contributed by atoms with Crippen LogP contribution in [0.15, 0.2) is 28.0 Å². The van der Waals surface area contributed by atoms with Gasteiger partial charge < -0.3 is 0 Å². The molecule has 6 nitrogen and oxygen atoms in total. The minimum Gasteiger partial charge on any atom is -0.225 e. The first-order valence-corrected chi connectivity index (χ1v) is 8.54. The van der Waals surface area contributed by atoms with Crippen LogP contribution in [0.5, 0.6) is 0 Å². The van der Waals surface area contributed by atoms with Gasteiger partial charge in [-0.05, 0) is 31.0 Å². The lowest BCUT2D eigenvalue weighted by atomic mass is 10.3. The Kier molecular flexibility index (Phi) is 3.65. The van der Waals surface area contributed by atoms with E-state index in [1.54, 1.807) is 0 Å². The van der Waals surface area contributed by atoms with Crippen LogP contribution >= 0.6 is 0 Å². The highest BCUT2D eigenvalue weighted by atomic mass is 32.2. The van der Waals surface area contributed by atoms with E-state index in [0.717, 1.165) is 25.0 Å². The first kappa shape index (κ1) is 14.4. The molecule has 0 radical (unpaired) electrons. The zero-order valence-corrected chi connectivity index (χ0v) is 11.5. The number of benzene rings is 1. The molecule has 2 rings (SSSR count). The van der Waals surface area contributed by atoms with E-state index in [4.69, 9.17) is 5.14 Å². The van der Waals surface area contributed by atoms with Crippen molar-refractivity contribution in [3.05, 3.63) is 24.0 Å². The molecule has 0 bridgehead atoms. The standard InChI is InChI=1S/C10H13FN2O4S2/c11-9-7-8(18(12,14)15)3-4-10(9)19(16,17)13-5-1-2-6-13/h3-4,7H,1-2,5-6H2,(H2,12,14,15). The van der Waals surface area contributed by atoms with Gasteiger partial charge in [-0.25, -0.2) is 26.4 Å². The molecule has 0 unspecified atom stereocenters. The van der Waals surface area contributed by atoms with Gasteiger partial charge >= 0.3 is 0 Å². The van der Waals surface area contributed by atoms with E-state index in [0.29, 0.717) is 19.2 Å². The molecule has 1 fully saturated rings. The van der Waals surface area contributed by atoms with Crippen molar-refractivity contribution in [1.29, 1.82) is 0 Å². The highest BCUT2D eigenvalue weighted by Crippen LogP contribution is 2.24. The maximum absolute atomic E-state index is 13.8. The van der Waals surface area contributed by atoms with Crippen molar-refractivity contribution in [2.45, 2.75) is 22.6 Å². The number of halogens is 1. The Morgan fingerprint density at radius 2 is 1.68 bits per heavy atom. The molecule has 19 heavy (non-hydrogen) atoms. The van der Waals surface area contributed by atoms with Crippen molar-refractivity contribution in [3.63, 3.8) is 0 Å². The fourth-order valence-corrected chi connectivity index (χ4v) is 4.02. The highest BCUT2D eigenvalue weighted by Gasteiger charge is 2.30. The zero-order chi connectivity index (χ0) is 14.3. The van der Waals surface area contributed by atoms with Gasteiger partial charge in [-0.1, -0.05) is 0 Å². The Morgan fingerprint density at radius 1 is 1.11 bits per heavy atom. The Hall–Kier alpha value is -1.03. The number of sulfonamides is 2. The lowest BCUT2D eigenvalue weighted by Gasteiger charge is -2.16. The molecule has 0 aromatic heterocycles. The van der Waals surface area contributed by atoms with E-state index >= 15 is 0 Å². The van der Waals surface area contributed by atoms with E-state index in [9.17, 15) is 21.2 Å². The monoisotopic (exact) mass is 308 g/mol. The van der Waals surface area contributed by atoms with Crippen LogP contribution in [-0.2, 0) is 20.0 Å². The van der Waals surface area contributed by atoms with Gasteiger partial charge in [-0.2, -0.15) is 4.31 Å². The number of hydrogen-bond donors (Lipinski definition) is 1. The summed E-state index contributed by atoms with van der Waals surface area (Å²) in [6, 6.07) is 2.54. The number of primary sulfonamides is 1. The molecule has 1 saturated heterocycles. The number of nitrogens with zero attached hydrogens (tertiary/aromatic N) is 1. The van der Waals surface area contributed by atoms with Gasteiger partial charge in [0.15, 0.2) is 0 Å². The summed E-state index contributed by atoms with van der Waals surface area (Å²) in [5.74, 6) is -1.11. The van der Waals surface area contributed by atoms with Crippen LogP contribution in [-0.4, -0.2) is 34.2 Å². The summed E-state index contributed by atoms with van der Waals surface area (Å²) in [6.07, 6.45) is 1.46. The van der Waals surface area contributed by atoms with Crippen molar-refractivity contribution in [2.24, 2.45) is 5.14 Å². The molecule has 0 spiro atoms. The summed E-state index contributed by atoms with van der Waals surface area (Å²) >= 11 is 0. The van der Waals surface area contributed by atoms with Crippen LogP contribution in [0.3, 0.4) is 0 Å². The third-order valence-corrected chi connectivity index (χ3v) is 5.76. The van der Waals surface area contributed by atoms with Crippen LogP contribution in [0.25, 0.3) is 0 Å². The first-order valence-electron chi connectivity index (χ1n) is 5.55. The summed E-state index contributed by atoms with van der Waals surface area (Å²) in [5.41, 5.74) is 0. The Bertz CT molecular complexity index is 694. The van der Waals surface area contributed by atoms with E-state index < -0.39 is 35.7 Å². The normalized spacial score (nSPS) is 17.8. The maximum Gasteiger partial charge on any atom is 0.245 e. The lowest BCUT2D eigenvalue weighted by Crippen LogP contribution is -2.28. The molecular formula is C10H13FN2O4S2. The van der Waals surface area contributed by atoms with Crippen LogP contribution in [0, 0.1) is 5.82 Å². The summed E-state index contributed by atoms with van der Waals surface area (Å²) in [5, 5.41) is 4.85. The molecule has 0 aliphatic carbocycles. The first-order chi connectivity index (χ1) is 8.73. The summed E-state index contributed by atoms with van der Waals surface area (Å²) in [6.45, 7) is 0.692. The molecule has 9 heteroatoms. The molecule has 1 heterocycles. The summed E-state index contributed by atoms with van der Waals surface area (Å²) in [4.78, 5) is -0.979. The maximum atomic E-state index is 13.8. The average Bonchev–Trinajstić information content (AvgIpc) is 2.81. The Morgan fingerprint density at radius 3 is 2.16 bits per heavy atom. The largest absolute Gasteiger partial charge is 0.245 e. The van der Waals surface area contributed by atoms with Crippen LogP contribution in [0.1, 0.15) is 12.8 Å². The van der Waals surface area contributed by atoms with E-state index in [2.05, 4.69) is 0 Å². The highest BCUT2D eigenvalue weighted by molar-refractivity contribution is 7.89. The van der Waals surface area contributed by atoms with Gasteiger partial charge in [0.1, 0.15) is 10.7 Å². The van der Waals surface area contributed by atoms with Gasteiger partial charge in [-0.15, -0.1) is 0 Å². The van der Waals surface area contributed by atoms with Crippen LogP contribution in [0.4, 0.5) is 4.39 Å². The van der Waals surface area contributed by atoms with Gasteiger partial charge in [0.05, 0.1) is 4.90 Å². The molecule has 106 valence electrons. The third-order valence-electron chi connectivity index (χ3n) is 2.91. The van der Waals surface area contributed by atoms with Gasteiger partial charge in [0.2, 0.25) is 20.0 Å². The molecule has 2 N–H and O–H groups in total. The number of rotatable bonds is 3. The zero-order valence-electron chi connectivity index (χ0n) is 9.91. The molecule has 0 amide bonds. The second-order valence-corrected chi connectivity index (χ2v) is 7.72. The topological polar surface area (TPSA) is 97.5 Å².